The van der Waals surface area contributed by atoms with Crippen LogP contribution in [0.3, 0.4) is 0 Å². The van der Waals surface area contributed by atoms with Gasteiger partial charge < -0.3 is 19.7 Å². The van der Waals surface area contributed by atoms with Crippen molar-refractivity contribution in [1.29, 1.82) is 0 Å². The number of hydrogen-bond donors (Lipinski definition) is 1. The number of rotatable bonds is 3. The smallest absolute Gasteiger partial charge is 0.325 e. The summed E-state index contributed by atoms with van der Waals surface area (Å²) < 4.78 is 11.1. The van der Waals surface area contributed by atoms with Gasteiger partial charge in [0.15, 0.2) is 6.29 Å². The summed E-state index contributed by atoms with van der Waals surface area (Å²) in [7, 11) is 0. The number of nitrogens with one attached hydrogen (secondary N) is 1. The van der Waals surface area contributed by atoms with E-state index in [-0.39, 0.29) is 24.6 Å². The summed E-state index contributed by atoms with van der Waals surface area (Å²) in [6, 6.07) is -0.425. The van der Waals surface area contributed by atoms with Crippen LogP contribution in [0, 0.1) is 11.8 Å². The molecular weight excluding hydrogens is 350 g/mol. The Hall–Kier alpha value is -1.67. The van der Waals surface area contributed by atoms with E-state index in [1.54, 1.807) is 4.90 Å². The maximum Gasteiger partial charge on any atom is 0.325 e. The van der Waals surface area contributed by atoms with Gasteiger partial charge in [0.2, 0.25) is 5.91 Å². The molecule has 150 valence electrons. The molecule has 0 bridgehead atoms. The van der Waals surface area contributed by atoms with Crippen molar-refractivity contribution in [2.24, 2.45) is 11.8 Å². The van der Waals surface area contributed by atoms with Gasteiger partial charge in [-0.1, -0.05) is 6.92 Å². The first kappa shape index (κ1) is 18.7. The maximum atomic E-state index is 12.9. The summed E-state index contributed by atoms with van der Waals surface area (Å²) in [5.41, 5.74) is -0.784. The number of amides is 4. The molecule has 4 amide bonds. The topological polar surface area (TPSA) is 88.2 Å². The molecule has 1 N–H and O–H groups in total. The van der Waals surface area contributed by atoms with Gasteiger partial charge in [0.25, 0.3) is 5.91 Å². The average molecular weight is 379 g/mol. The van der Waals surface area contributed by atoms with Crippen molar-refractivity contribution in [2.75, 3.05) is 32.8 Å². The van der Waals surface area contributed by atoms with E-state index in [2.05, 4.69) is 12.2 Å². The summed E-state index contributed by atoms with van der Waals surface area (Å²) in [6.07, 6.45) is 4.66. The first-order valence-corrected chi connectivity index (χ1v) is 10.1. The fourth-order valence-electron chi connectivity index (χ4n) is 4.72. The second-order valence-corrected chi connectivity index (χ2v) is 8.41. The molecule has 27 heavy (non-hydrogen) atoms. The van der Waals surface area contributed by atoms with Crippen LogP contribution >= 0.6 is 0 Å². The summed E-state index contributed by atoms with van der Waals surface area (Å²) in [4.78, 5) is 40.8. The molecule has 4 rings (SSSR count). The summed E-state index contributed by atoms with van der Waals surface area (Å²) in [5, 5.41) is 2.88. The highest BCUT2D eigenvalue weighted by Gasteiger charge is 2.52. The zero-order valence-electron chi connectivity index (χ0n) is 15.9. The van der Waals surface area contributed by atoms with Crippen LogP contribution in [-0.2, 0) is 19.1 Å². The van der Waals surface area contributed by atoms with Crippen molar-refractivity contribution in [3.05, 3.63) is 0 Å². The number of piperidine rings is 1. The molecule has 4 fully saturated rings. The lowest BCUT2D eigenvalue weighted by Crippen LogP contribution is -2.50. The van der Waals surface area contributed by atoms with Crippen LogP contribution in [0.4, 0.5) is 4.79 Å². The number of nitrogens with zero attached hydrogens (tertiary/aromatic N) is 2. The van der Waals surface area contributed by atoms with Crippen molar-refractivity contribution in [3.8, 4) is 0 Å². The van der Waals surface area contributed by atoms with Gasteiger partial charge in [-0.25, -0.2) is 4.79 Å². The molecule has 0 aromatic carbocycles. The molecule has 0 atom stereocenters. The minimum atomic E-state index is -0.784. The van der Waals surface area contributed by atoms with Gasteiger partial charge in [0.1, 0.15) is 12.1 Å². The second-order valence-electron chi connectivity index (χ2n) is 8.41. The van der Waals surface area contributed by atoms with E-state index in [9.17, 15) is 14.4 Å². The molecule has 3 saturated heterocycles. The summed E-state index contributed by atoms with van der Waals surface area (Å²) >= 11 is 0. The molecule has 0 unspecified atom stereocenters. The van der Waals surface area contributed by atoms with E-state index in [0.29, 0.717) is 51.0 Å². The highest BCUT2D eigenvalue weighted by molar-refractivity contribution is 6.09. The van der Waals surface area contributed by atoms with Gasteiger partial charge in [-0.2, -0.15) is 0 Å². The number of imide groups is 1. The third-order valence-electron chi connectivity index (χ3n) is 6.59. The Balaban J connectivity index is 1.32. The van der Waals surface area contributed by atoms with Crippen molar-refractivity contribution in [1.82, 2.24) is 15.1 Å². The van der Waals surface area contributed by atoms with Crippen LogP contribution in [0.25, 0.3) is 0 Å². The minimum absolute atomic E-state index is 0.151. The molecule has 0 aromatic heterocycles. The SMILES string of the molecule is CC1CCC2(CC1)NC(=O)N(CC(=O)N1CCC(C3OCCO3)CC1)C2=O. The molecule has 0 radical (unpaired) electrons. The zero-order valence-corrected chi connectivity index (χ0v) is 15.9. The van der Waals surface area contributed by atoms with Gasteiger partial charge in [0, 0.05) is 19.0 Å². The van der Waals surface area contributed by atoms with E-state index in [1.807, 2.05) is 0 Å². The van der Waals surface area contributed by atoms with Crippen LogP contribution in [0.2, 0.25) is 0 Å². The monoisotopic (exact) mass is 379 g/mol. The number of hydrogen-bond acceptors (Lipinski definition) is 5. The highest BCUT2D eigenvalue weighted by Crippen LogP contribution is 2.36. The van der Waals surface area contributed by atoms with E-state index >= 15 is 0 Å². The lowest BCUT2D eigenvalue weighted by atomic mass is 9.77. The molecule has 1 spiro atoms. The molecule has 3 heterocycles. The van der Waals surface area contributed by atoms with E-state index in [4.69, 9.17) is 9.47 Å². The first-order chi connectivity index (χ1) is 13.0. The molecular formula is C19H29N3O5. The van der Waals surface area contributed by atoms with Crippen LogP contribution in [-0.4, -0.2) is 72.3 Å². The Bertz CT molecular complexity index is 602. The van der Waals surface area contributed by atoms with Gasteiger partial charge in [-0.15, -0.1) is 0 Å². The molecule has 4 aliphatic rings. The molecule has 0 aromatic rings. The molecule has 1 aliphatic carbocycles. The molecule has 1 saturated carbocycles. The fourth-order valence-corrected chi connectivity index (χ4v) is 4.72. The standard InChI is InChI=1S/C19H29N3O5/c1-13-2-6-19(7-3-13)17(24)22(18(25)20-19)12-15(23)21-8-4-14(5-9-21)16-26-10-11-27-16/h13-14,16H,2-12H2,1H3,(H,20,25). The van der Waals surface area contributed by atoms with Crippen molar-refractivity contribution >= 4 is 17.8 Å². The Labute approximate surface area is 159 Å². The van der Waals surface area contributed by atoms with Crippen molar-refractivity contribution < 1.29 is 23.9 Å². The quantitative estimate of drug-likeness (QED) is 0.742. The van der Waals surface area contributed by atoms with Gasteiger partial charge >= 0.3 is 6.03 Å². The Kier molecular flexibility index (Phi) is 5.11. The largest absolute Gasteiger partial charge is 0.350 e. The lowest BCUT2D eigenvalue weighted by molar-refractivity contribution is -0.142. The Morgan fingerprint density at radius 1 is 1.11 bits per heavy atom. The maximum absolute atomic E-state index is 12.9. The highest BCUT2D eigenvalue weighted by atomic mass is 16.7. The number of urea groups is 1. The van der Waals surface area contributed by atoms with Gasteiger partial charge in [-0.3, -0.25) is 14.5 Å². The predicted octanol–water partition coefficient (Wildman–Crippen LogP) is 1.10. The summed E-state index contributed by atoms with van der Waals surface area (Å²) in [5.74, 6) is 0.493. The molecule has 3 aliphatic heterocycles. The third-order valence-corrected chi connectivity index (χ3v) is 6.59. The van der Waals surface area contributed by atoms with Crippen LogP contribution in [0.1, 0.15) is 45.4 Å². The lowest BCUT2D eigenvalue weighted by Gasteiger charge is -2.35. The number of likely N-dealkylation sites (tertiary alicyclic amines) is 1. The minimum Gasteiger partial charge on any atom is -0.350 e. The van der Waals surface area contributed by atoms with Crippen LogP contribution < -0.4 is 5.32 Å². The Morgan fingerprint density at radius 3 is 2.37 bits per heavy atom. The van der Waals surface area contributed by atoms with Crippen LogP contribution in [0.5, 0.6) is 0 Å². The zero-order chi connectivity index (χ0) is 19.0. The average Bonchev–Trinajstić information content (AvgIpc) is 3.28. The summed E-state index contributed by atoms with van der Waals surface area (Å²) in [6.45, 7) is 4.49. The molecule has 8 heteroatoms. The molecule has 8 nitrogen and oxygen atoms in total. The second kappa shape index (κ2) is 7.39. The van der Waals surface area contributed by atoms with Gasteiger partial charge in [-0.05, 0) is 44.4 Å². The van der Waals surface area contributed by atoms with Gasteiger partial charge in [0.05, 0.1) is 13.2 Å². The van der Waals surface area contributed by atoms with E-state index in [1.165, 1.54) is 0 Å². The van der Waals surface area contributed by atoms with Crippen molar-refractivity contribution in [2.45, 2.75) is 57.3 Å². The first-order valence-electron chi connectivity index (χ1n) is 10.1. The van der Waals surface area contributed by atoms with E-state index < -0.39 is 11.6 Å². The number of ether oxygens (including phenoxy) is 2. The Morgan fingerprint density at radius 2 is 1.74 bits per heavy atom. The predicted molar refractivity (Wildman–Crippen MR) is 95.6 cm³/mol. The number of carbonyl (C=O) groups is 3. The number of carbonyl (C=O) groups excluding carboxylic acids is 3. The normalized spacial score (nSPS) is 33.1. The van der Waals surface area contributed by atoms with Crippen molar-refractivity contribution in [3.63, 3.8) is 0 Å². The fraction of sp³-hybridized carbons (Fsp3) is 0.842. The van der Waals surface area contributed by atoms with E-state index in [0.717, 1.165) is 30.6 Å². The third kappa shape index (κ3) is 3.57. The van der Waals surface area contributed by atoms with Crippen LogP contribution in [0.15, 0.2) is 0 Å².